The molecule has 0 bridgehead atoms. The summed E-state index contributed by atoms with van der Waals surface area (Å²) >= 11 is 0. The van der Waals surface area contributed by atoms with Gasteiger partial charge in [-0.1, -0.05) is 20.3 Å². The number of hydrogen-bond donors (Lipinski definition) is 2. The highest BCUT2D eigenvalue weighted by molar-refractivity contribution is 5.80. The van der Waals surface area contributed by atoms with Gasteiger partial charge in [-0.3, -0.25) is 4.79 Å². The van der Waals surface area contributed by atoms with Crippen molar-refractivity contribution in [2.75, 3.05) is 13.7 Å². The van der Waals surface area contributed by atoms with Crippen LogP contribution >= 0.6 is 0 Å². The maximum atomic E-state index is 10.2. The van der Waals surface area contributed by atoms with Crippen molar-refractivity contribution in [2.24, 2.45) is 5.73 Å². The zero-order chi connectivity index (χ0) is 9.98. The van der Waals surface area contributed by atoms with Gasteiger partial charge in [-0.25, -0.2) is 4.79 Å². The summed E-state index contributed by atoms with van der Waals surface area (Å²) in [6.07, 6.45) is 0.591. The van der Waals surface area contributed by atoms with E-state index in [0.29, 0.717) is 0 Å². The Bertz CT molecular complexity index is 137. The van der Waals surface area contributed by atoms with Crippen molar-refractivity contribution in [2.45, 2.75) is 20.3 Å². The van der Waals surface area contributed by atoms with Gasteiger partial charge >= 0.3 is 6.09 Å². The lowest BCUT2D eigenvalue weighted by atomic mass is 10.6. The van der Waals surface area contributed by atoms with Gasteiger partial charge in [0.15, 0.2) is 0 Å². The van der Waals surface area contributed by atoms with E-state index in [1.807, 2.05) is 0 Å². The van der Waals surface area contributed by atoms with Crippen LogP contribution in [0.2, 0.25) is 0 Å². The molecule has 0 unspecified atom stereocenters. The number of carbonyl (C=O) groups is 2. The number of carbonyl (C=O) groups excluding carboxylic acids is 2. The number of alkyl carbamates (subject to hydrolysis) is 1. The minimum absolute atomic E-state index is 0.188. The number of ether oxygens (including phenoxy) is 1. The SMILES string of the molecule is CCC.COC(=O)NCC(N)=O. The van der Waals surface area contributed by atoms with E-state index in [9.17, 15) is 9.59 Å². The number of rotatable bonds is 2. The Morgan fingerprint density at radius 1 is 1.42 bits per heavy atom. The zero-order valence-corrected chi connectivity index (χ0v) is 7.72. The second-order valence-corrected chi connectivity index (χ2v) is 2.02. The van der Waals surface area contributed by atoms with Gasteiger partial charge in [0.25, 0.3) is 0 Å². The standard InChI is InChI=1S/C4H8N2O3.C3H8/c1-9-4(8)6-2-3(5)7;1-3-2/h2H2,1H3,(H2,5,7)(H,6,8);3H2,1-2H3. The van der Waals surface area contributed by atoms with Crippen molar-refractivity contribution in [3.8, 4) is 0 Å². The van der Waals surface area contributed by atoms with Crippen molar-refractivity contribution < 1.29 is 14.3 Å². The number of hydrogen-bond acceptors (Lipinski definition) is 3. The first kappa shape index (κ1) is 13.3. The number of methoxy groups -OCH3 is 1. The number of nitrogens with one attached hydrogen (secondary N) is 1. The molecule has 0 spiro atoms. The summed E-state index contributed by atoms with van der Waals surface area (Å²) in [7, 11) is 1.20. The molecule has 0 saturated heterocycles. The van der Waals surface area contributed by atoms with E-state index in [0.717, 1.165) is 0 Å². The van der Waals surface area contributed by atoms with Crippen LogP contribution in [0.3, 0.4) is 0 Å². The van der Waals surface area contributed by atoms with Crippen LogP contribution in [0, 0.1) is 0 Å². The van der Waals surface area contributed by atoms with Crippen LogP contribution in [-0.2, 0) is 9.53 Å². The lowest BCUT2D eigenvalue weighted by Crippen LogP contribution is -2.33. The highest BCUT2D eigenvalue weighted by Crippen LogP contribution is 1.67. The van der Waals surface area contributed by atoms with E-state index in [-0.39, 0.29) is 6.54 Å². The fraction of sp³-hybridized carbons (Fsp3) is 0.714. The van der Waals surface area contributed by atoms with Gasteiger partial charge in [-0.2, -0.15) is 0 Å². The first-order valence-corrected chi connectivity index (χ1v) is 3.68. The van der Waals surface area contributed by atoms with E-state index >= 15 is 0 Å². The Morgan fingerprint density at radius 3 is 2.08 bits per heavy atom. The van der Waals surface area contributed by atoms with Crippen LogP contribution in [-0.4, -0.2) is 25.7 Å². The van der Waals surface area contributed by atoms with E-state index in [4.69, 9.17) is 0 Å². The van der Waals surface area contributed by atoms with Crippen molar-refractivity contribution in [1.29, 1.82) is 0 Å². The molecule has 72 valence electrons. The average Bonchev–Trinajstić information content (AvgIpc) is 2.01. The molecule has 0 fully saturated rings. The molecule has 5 nitrogen and oxygen atoms in total. The van der Waals surface area contributed by atoms with Gasteiger partial charge in [0, 0.05) is 0 Å². The van der Waals surface area contributed by atoms with Crippen molar-refractivity contribution in [3.05, 3.63) is 0 Å². The van der Waals surface area contributed by atoms with Crippen LogP contribution in [0.1, 0.15) is 20.3 Å². The Labute approximate surface area is 72.3 Å². The van der Waals surface area contributed by atoms with Gasteiger partial charge in [-0.15, -0.1) is 0 Å². The molecule has 2 amide bonds. The van der Waals surface area contributed by atoms with Gasteiger partial charge in [0.1, 0.15) is 0 Å². The van der Waals surface area contributed by atoms with Gasteiger partial charge in [0.05, 0.1) is 13.7 Å². The fourth-order valence-electron chi connectivity index (χ4n) is 0.231. The molecule has 0 saturated carbocycles. The maximum absolute atomic E-state index is 10.2. The summed E-state index contributed by atoms with van der Waals surface area (Å²) in [6, 6.07) is 0. The van der Waals surface area contributed by atoms with Crippen LogP contribution in [0.15, 0.2) is 0 Å². The molecular weight excluding hydrogens is 160 g/mol. The molecule has 5 heteroatoms. The molecule has 0 radical (unpaired) electrons. The second kappa shape index (κ2) is 9.74. The third kappa shape index (κ3) is 15.9. The third-order valence-corrected chi connectivity index (χ3v) is 0.592. The maximum Gasteiger partial charge on any atom is 0.407 e. The monoisotopic (exact) mass is 176 g/mol. The molecule has 0 aromatic rings. The summed E-state index contributed by atoms with van der Waals surface area (Å²) in [5.41, 5.74) is 4.69. The van der Waals surface area contributed by atoms with E-state index in [2.05, 4.69) is 29.6 Å². The predicted molar refractivity (Wildman–Crippen MR) is 45.6 cm³/mol. The topological polar surface area (TPSA) is 81.4 Å². The first-order chi connectivity index (χ1) is 5.58. The number of primary amides is 1. The Morgan fingerprint density at radius 2 is 1.83 bits per heavy atom. The Hall–Kier alpha value is -1.26. The number of nitrogens with two attached hydrogens (primary N) is 1. The molecule has 0 atom stereocenters. The molecule has 0 aliphatic rings. The van der Waals surface area contributed by atoms with E-state index < -0.39 is 12.0 Å². The zero-order valence-electron chi connectivity index (χ0n) is 7.72. The summed E-state index contributed by atoms with van der Waals surface area (Å²) in [4.78, 5) is 20.1. The van der Waals surface area contributed by atoms with E-state index in [1.54, 1.807) is 0 Å². The quantitative estimate of drug-likeness (QED) is 0.632. The van der Waals surface area contributed by atoms with Crippen LogP contribution < -0.4 is 11.1 Å². The lowest BCUT2D eigenvalue weighted by Gasteiger charge is -1.97. The predicted octanol–water partition coefficient (Wildman–Crippen LogP) is 0.244. The first-order valence-electron chi connectivity index (χ1n) is 3.68. The minimum Gasteiger partial charge on any atom is -0.453 e. The summed E-state index contributed by atoms with van der Waals surface area (Å²) in [5, 5.41) is 2.10. The lowest BCUT2D eigenvalue weighted by molar-refractivity contribution is -0.117. The van der Waals surface area contributed by atoms with Crippen LogP contribution in [0.25, 0.3) is 0 Å². The van der Waals surface area contributed by atoms with Gasteiger partial charge in [-0.05, 0) is 0 Å². The van der Waals surface area contributed by atoms with Crippen LogP contribution in [0.5, 0.6) is 0 Å². The van der Waals surface area contributed by atoms with Crippen molar-refractivity contribution >= 4 is 12.0 Å². The Balaban J connectivity index is 0. The highest BCUT2D eigenvalue weighted by atomic mass is 16.5. The molecule has 12 heavy (non-hydrogen) atoms. The summed E-state index contributed by atoms with van der Waals surface area (Å²) < 4.78 is 4.14. The molecular formula is C7H16N2O3. The molecule has 3 N–H and O–H groups in total. The third-order valence-electron chi connectivity index (χ3n) is 0.592. The molecule has 0 rings (SSSR count). The van der Waals surface area contributed by atoms with Crippen molar-refractivity contribution in [3.63, 3.8) is 0 Å². The molecule has 0 aromatic carbocycles. The summed E-state index contributed by atoms with van der Waals surface area (Å²) in [6.45, 7) is 4.06. The van der Waals surface area contributed by atoms with Crippen LogP contribution in [0.4, 0.5) is 4.79 Å². The summed E-state index contributed by atoms with van der Waals surface area (Å²) in [5.74, 6) is -0.597. The minimum atomic E-state index is -0.659. The number of amides is 2. The Kier molecular flexibility index (Phi) is 10.8. The molecule has 0 aliphatic heterocycles. The fourth-order valence-corrected chi connectivity index (χ4v) is 0.231. The van der Waals surface area contributed by atoms with E-state index in [1.165, 1.54) is 13.5 Å². The highest BCUT2D eigenvalue weighted by Gasteiger charge is 1.98. The van der Waals surface area contributed by atoms with Gasteiger partial charge in [0.2, 0.25) is 5.91 Å². The van der Waals surface area contributed by atoms with Crippen molar-refractivity contribution in [1.82, 2.24) is 5.32 Å². The molecule has 0 aromatic heterocycles. The molecule has 0 aliphatic carbocycles. The normalized spacial score (nSPS) is 7.58. The second-order valence-electron chi connectivity index (χ2n) is 2.02. The molecule has 0 heterocycles. The largest absolute Gasteiger partial charge is 0.453 e. The average molecular weight is 176 g/mol. The van der Waals surface area contributed by atoms with Gasteiger partial charge < -0.3 is 15.8 Å². The smallest absolute Gasteiger partial charge is 0.407 e.